The number of amides is 1. The smallest absolute Gasteiger partial charge is 0.252 e. The molecule has 3 rings (SSSR count). The molecule has 0 atom stereocenters. The maximum Gasteiger partial charge on any atom is 0.252 e. The number of rotatable bonds is 5. The minimum atomic E-state index is -0.740. The van der Waals surface area contributed by atoms with Crippen LogP contribution in [0.15, 0.2) is 59.1 Å². The predicted molar refractivity (Wildman–Crippen MR) is 109 cm³/mol. The van der Waals surface area contributed by atoms with E-state index in [2.05, 4.69) is 24.8 Å². The van der Waals surface area contributed by atoms with Crippen molar-refractivity contribution in [1.29, 1.82) is 0 Å². The minimum absolute atomic E-state index is 0.0372. The van der Waals surface area contributed by atoms with Crippen LogP contribution >= 0.6 is 0 Å². The molecule has 0 bridgehead atoms. The number of nitrogens with zero attached hydrogens (tertiary/aromatic N) is 2. The van der Waals surface area contributed by atoms with Crippen LogP contribution in [-0.2, 0) is 4.79 Å². The second-order valence-corrected chi connectivity index (χ2v) is 6.44. The van der Waals surface area contributed by atoms with Gasteiger partial charge in [-0.15, -0.1) is 0 Å². The monoisotopic (exact) mass is 361 g/mol. The van der Waals surface area contributed by atoms with Gasteiger partial charge in [-0.3, -0.25) is 9.59 Å². The summed E-state index contributed by atoms with van der Waals surface area (Å²) in [6.45, 7) is 8.12. The van der Waals surface area contributed by atoms with Gasteiger partial charge >= 0.3 is 0 Å². The van der Waals surface area contributed by atoms with E-state index < -0.39 is 5.91 Å². The van der Waals surface area contributed by atoms with Crippen molar-refractivity contribution in [2.45, 2.75) is 20.8 Å². The molecule has 1 amide bonds. The van der Waals surface area contributed by atoms with E-state index >= 15 is 0 Å². The summed E-state index contributed by atoms with van der Waals surface area (Å²) in [5.74, 6) is -1.10. The highest BCUT2D eigenvalue weighted by molar-refractivity contribution is 6.35. The fourth-order valence-corrected chi connectivity index (χ4v) is 3.29. The van der Waals surface area contributed by atoms with E-state index in [0.717, 1.165) is 30.0 Å². The van der Waals surface area contributed by atoms with Gasteiger partial charge in [0.05, 0.1) is 17.0 Å². The molecule has 0 fully saturated rings. The number of primary amides is 1. The lowest BCUT2D eigenvalue weighted by Crippen LogP contribution is -2.26. The number of fused-ring (bicyclic) bond motifs is 1. The summed E-state index contributed by atoms with van der Waals surface area (Å²) in [4.78, 5) is 31.2. The number of nitrogens with two attached hydrogens (primary N) is 1. The van der Waals surface area contributed by atoms with E-state index in [9.17, 15) is 9.59 Å². The van der Waals surface area contributed by atoms with Crippen LogP contribution < -0.4 is 10.6 Å². The highest BCUT2D eigenvalue weighted by Crippen LogP contribution is 2.28. The summed E-state index contributed by atoms with van der Waals surface area (Å²) in [5.41, 5.74) is 10.0. The molecular weight excluding hydrogens is 338 g/mol. The number of anilines is 1. The number of aliphatic imine (C=N–C) groups is 1. The van der Waals surface area contributed by atoms with Gasteiger partial charge in [-0.05, 0) is 50.6 Å². The Kier molecular flexibility index (Phi) is 5.21. The highest BCUT2D eigenvalue weighted by Gasteiger charge is 2.27. The summed E-state index contributed by atoms with van der Waals surface area (Å²) >= 11 is 0. The lowest BCUT2D eigenvalue weighted by atomic mass is 9.88. The summed E-state index contributed by atoms with van der Waals surface area (Å²) in [7, 11) is 0. The van der Waals surface area contributed by atoms with Crippen molar-refractivity contribution in [1.82, 2.24) is 0 Å². The summed E-state index contributed by atoms with van der Waals surface area (Å²) in [6.07, 6.45) is 1.49. The molecule has 5 nitrogen and oxygen atoms in total. The molecule has 0 spiro atoms. The quantitative estimate of drug-likeness (QED) is 0.827. The van der Waals surface area contributed by atoms with Crippen molar-refractivity contribution >= 4 is 28.8 Å². The van der Waals surface area contributed by atoms with Gasteiger partial charge in [-0.25, -0.2) is 4.99 Å². The molecular formula is C22H23N3O2. The first kappa shape index (κ1) is 18.6. The van der Waals surface area contributed by atoms with Gasteiger partial charge in [0.15, 0.2) is 5.78 Å². The van der Waals surface area contributed by atoms with E-state index in [0.29, 0.717) is 16.8 Å². The average Bonchev–Trinajstić information content (AvgIpc) is 2.66. The molecule has 0 heterocycles. The normalized spacial score (nSPS) is 14.7. The van der Waals surface area contributed by atoms with Gasteiger partial charge in [-0.1, -0.05) is 24.3 Å². The molecule has 2 aromatic carbocycles. The van der Waals surface area contributed by atoms with Crippen LogP contribution in [0.5, 0.6) is 0 Å². The van der Waals surface area contributed by atoms with Crippen LogP contribution in [0.3, 0.4) is 0 Å². The maximum atomic E-state index is 12.5. The van der Waals surface area contributed by atoms with Gasteiger partial charge in [0, 0.05) is 29.9 Å². The number of carbonyl (C=O) groups excluding carboxylic acids is 2. The molecule has 0 saturated heterocycles. The number of Topliss-reactive ketones (excluding diaryl/α,β-unsaturated/α-hetero) is 1. The van der Waals surface area contributed by atoms with Crippen molar-refractivity contribution in [3.63, 3.8) is 0 Å². The number of benzene rings is 2. The van der Waals surface area contributed by atoms with Crippen LogP contribution in [0.1, 0.15) is 35.3 Å². The Morgan fingerprint density at radius 1 is 1.07 bits per heavy atom. The van der Waals surface area contributed by atoms with Crippen molar-refractivity contribution in [2.24, 2.45) is 10.7 Å². The predicted octanol–water partition coefficient (Wildman–Crippen LogP) is 3.57. The van der Waals surface area contributed by atoms with Gasteiger partial charge in [0.2, 0.25) is 0 Å². The standard InChI is InChI=1S/C22H23N3O2/c1-4-25(5-2)15-10-11-19(14(3)12-15)24-20-13-18(22(23)27)21(26)17-9-7-6-8-16(17)20/h6-13H,4-5H2,1-3H3,(H2,23,27). The third kappa shape index (κ3) is 3.53. The number of aryl methyl sites for hydroxylation is 1. The van der Waals surface area contributed by atoms with Crippen LogP contribution in [0.25, 0.3) is 0 Å². The number of carbonyl (C=O) groups is 2. The molecule has 0 saturated carbocycles. The largest absolute Gasteiger partial charge is 0.372 e. The minimum Gasteiger partial charge on any atom is -0.372 e. The molecule has 2 N–H and O–H groups in total. The summed E-state index contributed by atoms with van der Waals surface area (Å²) < 4.78 is 0. The van der Waals surface area contributed by atoms with Crippen LogP contribution in [0.4, 0.5) is 11.4 Å². The third-order valence-electron chi connectivity index (χ3n) is 4.79. The molecule has 5 heteroatoms. The second kappa shape index (κ2) is 7.58. The summed E-state index contributed by atoms with van der Waals surface area (Å²) in [5, 5.41) is 0. The van der Waals surface area contributed by atoms with Crippen LogP contribution in [0.2, 0.25) is 0 Å². The zero-order valence-electron chi connectivity index (χ0n) is 15.8. The third-order valence-corrected chi connectivity index (χ3v) is 4.79. The average molecular weight is 361 g/mol. The molecule has 138 valence electrons. The fourth-order valence-electron chi connectivity index (χ4n) is 3.29. The lowest BCUT2D eigenvalue weighted by Gasteiger charge is -2.22. The molecule has 0 aliphatic heterocycles. The number of allylic oxidation sites excluding steroid dienone is 1. The Morgan fingerprint density at radius 3 is 2.33 bits per heavy atom. The number of hydrogen-bond donors (Lipinski definition) is 1. The molecule has 27 heavy (non-hydrogen) atoms. The van der Waals surface area contributed by atoms with E-state index in [4.69, 9.17) is 10.7 Å². The van der Waals surface area contributed by atoms with Crippen LogP contribution in [-0.4, -0.2) is 30.5 Å². The molecule has 1 aliphatic carbocycles. The zero-order chi connectivity index (χ0) is 19.6. The Hall–Kier alpha value is -3.21. The van der Waals surface area contributed by atoms with Crippen molar-refractivity contribution in [2.75, 3.05) is 18.0 Å². The zero-order valence-corrected chi connectivity index (χ0v) is 15.8. The van der Waals surface area contributed by atoms with Gasteiger partial charge in [0.25, 0.3) is 5.91 Å². The van der Waals surface area contributed by atoms with Crippen molar-refractivity contribution in [3.05, 3.63) is 70.8 Å². The Morgan fingerprint density at radius 2 is 1.74 bits per heavy atom. The summed E-state index contributed by atoms with van der Waals surface area (Å²) in [6, 6.07) is 13.2. The number of hydrogen-bond acceptors (Lipinski definition) is 4. The Labute approximate surface area is 159 Å². The topological polar surface area (TPSA) is 75.8 Å². The first-order valence-electron chi connectivity index (χ1n) is 9.06. The first-order chi connectivity index (χ1) is 13.0. The molecule has 1 aliphatic rings. The SMILES string of the molecule is CCN(CC)c1ccc(N=C2C=C(C(N)=O)C(=O)c3ccccc32)c(C)c1. The Balaban J connectivity index is 2.10. The fraction of sp³-hybridized carbons (Fsp3) is 0.227. The van der Waals surface area contributed by atoms with Gasteiger partial charge in [0.1, 0.15) is 0 Å². The Bertz CT molecular complexity index is 969. The van der Waals surface area contributed by atoms with E-state index in [1.54, 1.807) is 12.1 Å². The number of ketones is 1. The van der Waals surface area contributed by atoms with E-state index in [-0.39, 0.29) is 11.4 Å². The molecule has 2 aromatic rings. The van der Waals surface area contributed by atoms with Gasteiger partial charge < -0.3 is 10.6 Å². The maximum absolute atomic E-state index is 12.5. The highest BCUT2D eigenvalue weighted by atomic mass is 16.2. The first-order valence-corrected chi connectivity index (χ1v) is 9.06. The van der Waals surface area contributed by atoms with E-state index in [1.165, 1.54) is 6.08 Å². The lowest BCUT2D eigenvalue weighted by molar-refractivity contribution is -0.114. The van der Waals surface area contributed by atoms with E-state index in [1.807, 2.05) is 31.2 Å². The van der Waals surface area contributed by atoms with Crippen LogP contribution in [0, 0.1) is 6.92 Å². The molecule has 0 aromatic heterocycles. The molecule has 0 unspecified atom stereocenters. The van der Waals surface area contributed by atoms with Crippen molar-refractivity contribution in [3.8, 4) is 0 Å². The second-order valence-electron chi connectivity index (χ2n) is 6.44. The van der Waals surface area contributed by atoms with Gasteiger partial charge in [-0.2, -0.15) is 0 Å². The van der Waals surface area contributed by atoms with Crippen molar-refractivity contribution < 1.29 is 9.59 Å². The molecule has 0 radical (unpaired) electrons.